The second-order valence-corrected chi connectivity index (χ2v) is 7.72. The minimum Gasteiger partial charge on any atom is -0.465 e. The lowest BCUT2D eigenvalue weighted by atomic mass is 10.1. The van der Waals surface area contributed by atoms with E-state index in [-0.39, 0.29) is 29.1 Å². The second kappa shape index (κ2) is 9.25. The quantitative estimate of drug-likeness (QED) is 0.594. The molecule has 0 aliphatic rings. The third-order valence-corrected chi connectivity index (χ3v) is 4.48. The summed E-state index contributed by atoms with van der Waals surface area (Å²) < 4.78 is 39.7. The monoisotopic (exact) mass is 449 g/mol. The molecule has 0 spiro atoms. The minimum atomic E-state index is -4.41. The van der Waals surface area contributed by atoms with Gasteiger partial charge in [-0.3, -0.25) is 14.4 Å². The van der Waals surface area contributed by atoms with Crippen molar-refractivity contribution in [3.63, 3.8) is 0 Å². The number of anilines is 1. The number of hydrogen-bond acceptors (Lipinski definition) is 4. The van der Waals surface area contributed by atoms with Gasteiger partial charge in [-0.2, -0.15) is 23.4 Å². The molecule has 0 aliphatic heterocycles. The highest BCUT2D eigenvalue weighted by Crippen LogP contribution is 2.20. The van der Waals surface area contributed by atoms with Gasteiger partial charge in [0.15, 0.2) is 0 Å². The molecule has 0 atom stereocenters. The Balaban J connectivity index is 1.86. The van der Waals surface area contributed by atoms with Crippen molar-refractivity contribution in [3.8, 4) is 5.69 Å². The molecule has 0 unspecified atom stereocenters. The lowest BCUT2D eigenvalue weighted by Crippen LogP contribution is -2.32. The Bertz CT molecular complexity index is 1150. The standard InChI is InChI=1S/C21H22F3N5O3/c1-14(2)11-28(20(31)32)16-5-3-4-15(8-16)9-18-19(30)6-7-29(26-18)17-10-25-27(12-17)13-21(22,23)24/h3-8,10,12,14H,9,11,13H2,1-2H3,(H,31,32). The molecule has 0 radical (unpaired) electrons. The number of carbonyl (C=O) groups is 1. The SMILES string of the molecule is CC(C)CN(C(=O)O)c1cccc(Cc2nn(-c3cnn(CC(F)(F)F)c3)ccc2=O)c1. The van der Waals surface area contributed by atoms with Crippen molar-refractivity contribution in [1.29, 1.82) is 0 Å². The van der Waals surface area contributed by atoms with E-state index in [0.717, 1.165) is 4.68 Å². The summed E-state index contributed by atoms with van der Waals surface area (Å²) in [5.74, 6) is 0.121. The highest BCUT2D eigenvalue weighted by molar-refractivity contribution is 5.86. The van der Waals surface area contributed by atoms with Gasteiger partial charge in [0.25, 0.3) is 0 Å². The lowest BCUT2D eigenvalue weighted by Gasteiger charge is -2.22. The topological polar surface area (TPSA) is 93.2 Å². The van der Waals surface area contributed by atoms with Crippen LogP contribution in [0.2, 0.25) is 0 Å². The molecular weight excluding hydrogens is 427 g/mol. The van der Waals surface area contributed by atoms with Gasteiger partial charge in [-0.15, -0.1) is 0 Å². The molecule has 1 amide bonds. The van der Waals surface area contributed by atoms with E-state index < -0.39 is 18.8 Å². The maximum Gasteiger partial charge on any atom is 0.411 e. The van der Waals surface area contributed by atoms with E-state index in [0.29, 0.717) is 17.8 Å². The van der Waals surface area contributed by atoms with Crippen molar-refractivity contribution >= 4 is 11.8 Å². The molecule has 1 aromatic carbocycles. The first-order valence-corrected chi connectivity index (χ1v) is 9.79. The first-order chi connectivity index (χ1) is 15.0. The third kappa shape index (κ3) is 5.96. The van der Waals surface area contributed by atoms with E-state index in [4.69, 9.17) is 0 Å². The average molecular weight is 449 g/mol. The average Bonchev–Trinajstić information content (AvgIpc) is 3.14. The molecule has 11 heteroatoms. The highest BCUT2D eigenvalue weighted by Gasteiger charge is 2.28. The zero-order valence-corrected chi connectivity index (χ0v) is 17.5. The molecule has 0 bridgehead atoms. The molecule has 32 heavy (non-hydrogen) atoms. The molecule has 0 aliphatic carbocycles. The Kier molecular flexibility index (Phi) is 6.66. The van der Waals surface area contributed by atoms with E-state index in [2.05, 4.69) is 10.2 Å². The molecule has 3 rings (SSSR count). The van der Waals surface area contributed by atoms with Crippen molar-refractivity contribution in [2.24, 2.45) is 5.92 Å². The number of rotatable bonds is 7. The Labute approximate surface area is 181 Å². The van der Waals surface area contributed by atoms with Crippen molar-refractivity contribution in [2.45, 2.75) is 33.0 Å². The van der Waals surface area contributed by atoms with Crippen molar-refractivity contribution in [1.82, 2.24) is 19.6 Å². The van der Waals surface area contributed by atoms with Crippen LogP contribution in [0.1, 0.15) is 25.1 Å². The van der Waals surface area contributed by atoms with E-state index in [1.807, 2.05) is 13.8 Å². The van der Waals surface area contributed by atoms with Crippen LogP contribution in [-0.2, 0) is 13.0 Å². The minimum absolute atomic E-state index is 0.121. The summed E-state index contributed by atoms with van der Waals surface area (Å²) in [5, 5.41) is 17.4. The number of hydrogen-bond donors (Lipinski definition) is 1. The lowest BCUT2D eigenvalue weighted by molar-refractivity contribution is -0.142. The van der Waals surface area contributed by atoms with Gasteiger partial charge in [-0.05, 0) is 23.6 Å². The Morgan fingerprint density at radius 3 is 2.66 bits per heavy atom. The number of carboxylic acid groups (broad SMARTS) is 1. The second-order valence-electron chi connectivity index (χ2n) is 7.72. The fraction of sp³-hybridized carbons (Fsp3) is 0.333. The van der Waals surface area contributed by atoms with Gasteiger partial charge >= 0.3 is 12.3 Å². The largest absolute Gasteiger partial charge is 0.465 e. The van der Waals surface area contributed by atoms with Gasteiger partial charge in [0.05, 0.1) is 12.4 Å². The summed E-state index contributed by atoms with van der Waals surface area (Å²) in [6, 6.07) is 8.07. The van der Waals surface area contributed by atoms with Crippen LogP contribution in [0.5, 0.6) is 0 Å². The fourth-order valence-electron chi connectivity index (χ4n) is 3.14. The number of benzene rings is 1. The van der Waals surface area contributed by atoms with Gasteiger partial charge < -0.3 is 5.11 Å². The van der Waals surface area contributed by atoms with Gasteiger partial charge in [0, 0.05) is 30.9 Å². The number of aromatic nitrogens is 4. The first kappa shape index (κ1) is 23.0. The van der Waals surface area contributed by atoms with Crippen LogP contribution in [0.25, 0.3) is 5.69 Å². The zero-order valence-electron chi connectivity index (χ0n) is 17.5. The fourth-order valence-corrected chi connectivity index (χ4v) is 3.14. The Morgan fingerprint density at radius 2 is 2.00 bits per heavy atom. The van der Waals surface area contributed by atoms with Crippen LogP contribution in [0.4, 0.5) is 23.7 Å². The van der Waals surface area contributed by atoms with Crippen LogP contribution < -0.4 is 10.3 Å². The van der Waals surface area contributed by atoms with Crippen LogP contribution in [0, 0.1) is 5.92 Å². The summed E-state index contributed by atoms with van der Waals surface area (Å²) in [5.41, 5.74) is 1.25. The maximum absolute atomic E-state index is 12.6. The van der Waals surface area contributed by atoms with E-state index >= 15 is 0 Å². The molecule has 170 valence electrons. The van der Waals surface area contributed by atoms with Crippen LogP contribution >= 0.6 is 0 Å². The summed E-state index contributed by atoms with van der Waals surface area (Å²) in [7, 11) is 0. The number of alkyl halides is 3. The van der Waals surface area contributed by atoms with Gasteiger partial charge in [0.1, 0.15) is 17.9 Å². The molecule has 0 fully saturated rings. The Hall–Kier alpha value is -3.63. The zero-order chi connectivity index (χ0) is 23.5. The molecular formula is C21H22F3N5O3. The molecule has 0 saturated heterocycles. The van der Waals surface area contributed by atoms with Crippen molar-refractivity contribution < 1.29 is 23.1 Å². The van der Waals surface area contributed by atoms with Gasteiger partial charge in [-0.25, -0.2) is 9.48 Å². The van der Waals surface area contributed by atoms with E-state index in [9.17, 15) is 27.9 Å². The van der Waals surface area contributed by atoms with Crippen molar-refractivity contribution in [3.05, 3.63) is 70.4 Å². The number of nitrogens with zero attached hydrogens (tertiary/aromatic N) is 5. The molecule has 8 nitrogen and oxygen atoms in total. The summed E-state index contributed by atoms with van der Waals surface area (Å²) in [6.45, 7) is 2.90. The van der Waals surface area contributed by atoms with Crippen LogP contribution in [0.15, 0.2) is 53.7 Å². The van der Waals surface area contributed by atoms with E-state index in [1.54, 1.807) is 24.3 Å². The third-order valence-electron chi connectivity index (χ3n) is 4.48. The highest BCUT2D eigenvalue weighted by atomic mass is 19.4. The summed E-state index contributed by atoms with van der Waals surface area (Å²) in [4.78, 5) is 25.2. The molecule has 0 saturated carbocycles. The predicted molar refractivity (Wildman–Crippen MR) is 111 cm³/mol. The smallest absolute Gasteiger partial charge is 0.411 e. The first-order valence-electron chi connectivity index (χ1n) is 9.79. The van der Waals surface area contributed by atoms with E-state index in [1.165, 1.54) is 34.2 Å². The Morgan fingerprint density at radius 1 is 1.25 bits per heavy atom. The number of halogens is 3. The van der Waals surface area contributed by atoms with Crippen LogP contribution in [-0.4, -0.2) is 43.5 Å². The van der Waals surface area contributed by atoms with Crippen molar-refractivity contribution in [2.75, 3.05) is 11.4 Å². The summed E-state index contributed by atoms with van der Waals surface area (Å²) in [6.07, 6.45) is -1.59. The normalized spacial score (nSPS) is 11.7. The van der Waals surface area contributed by atoms with Crippen LogP contribution in [0.3, 0.4) is 0 Å². The molecule has 3 aromatic rings. The molecule has 2 heterocycles. The molecule has 2 aromatic heterocycles. The number of amides is 1. The predicted octanol–water partition coefficient (Wildman–Crippen LogP) is 3.72. The summed E-state index contributed by atoms with van der Waals surface area (Å²) >= 11 is 0. The molecule has 1 N–H and O–H groups in total. The maximum atomic E-state index is 12.6. The van der Waals surface area contributed by atoms with Gasteiger partial charge in [-0.1, -0.05) is 26.0 Å². The van der Waals surface area contributed by atoms with Gasteiger partial charge in [0.2, 0.25) is 5.43 Å².